The van der Waals surface area contributed by atoms with Crippen LogP contribution in [0, 0.1) is 11.8 Å². The Labute approximate surface area is 213 Å². The molecule has 0 aromatic rings. The van der Waals surface area contributed by atoms with E-state index in [4.69, 9.17) is 9.47 Å². The van der Waals surface area contributed by atoms with E-state index in [-0.39, 0.29) is 44.6 Å². The normalized spacial score (nSPS) is 38.0. The molecule has 0 aromatic carbocycles. The monoisotopic (exact) mass is 526 g/mol. The molecule has 4 saturated carbocycles. The zero-order chi connectivity index (χ0) is 21.8. The van der Waals surface area contributed by atoms with E-state index in [1.165, 1.54) is 51.4 Å². The topological polar surface area (TPSA) is 179 Å². The highest BCUT2D eigenvalue weighted by Gasteiger charge is 2.39. The summed E-state index contributed by atoms with van der Waals surface area (Å²) in [4.78, 5) is 0. The minimum absolute atomic E-state index is 0. The Kier molecular flexibility index (Phi) is 15.7. The summed E-state index contributed by atoms with van der Waals surface area (Å²) in [6.07, 6.45) is 18.1. The molecule has 0 bridgehead atoms. The first-order chi connectivity index (χ1) is 14.9. The molecule has 4 aliphatic rings. The van der Waals surface area contributed by atoms with Crippen molar-refractivity contribution in [3.05, 3.63) is 0 Å². The molecular weight excluding hydrogens is 472 g/mol. The van der Waals surface area contributed by atoms with E-state index in [2.05, 4.69) is 13.8 Å². The van der Waals surface area contributed by atoms with Gasteiger partial charge in [-0.2, -0.15) is 0 Å². The lowest BCUT2D eigenvalue weighted by Gasteiger charge is -2.37. The van der Waals surface area contributed by atoms with Gasteiger partial charge in [0, 0.05) is 0 Å². The van der Waals surface area contributed by atoms with Crippen LogP contribution in [0.5, 0.6) is 0 Å². The maximum Gasteiger partial charge on any atom is 0.156 e. The molecule has 4 aliphatic carbocycles. The van der Waals surface area contributed by atoms with Crippen LogP contribution in [0.1, 0.15) is 117 Å². The molecule has 0 amide bonds. The highest BCUT2D eigenvalue weighted by atomic mass is 32.2. The fourth-order valence-corrected chi connectivity index (χ4v) is 8.94. The molecule has 4 rings (SSSR count). The van der Waals surface area contributed by atoms with Gasteiger partial charge in [-0.25, -0.2) is 8.42 Å². The number of hydrogen-bond donors (Lipinski definition) is 0. The molecule has 0 spiro atoms. The van der Waals surface area contributed by atoms with Gasteiger partial charge in [0.15, 0.2) is 9.84 Å². The molecule has 8 N–H and O–H groups in total. The largest absolute Gasteiger partial charge is 0.412 e. The van der Waals surface area contributed by atoms with Gasteiger partial charge in [0.1, 0.15) is 0 Å². The smallest absolute Gasteiger partial charge is 0.156 e. The maximum absolute atomic E-state index is 13.3. The summed E-state index contributed by atoms with van der Waals surface area (Å²) in [5, 5.41) is -0.276. The third-order valence-corrected chi connectivity index (χ3v) is 11.7. The van der Waals surface area contributed by atoms with Crippen molar-refractivity contribution in [2.45, 2.75) is 151 Å². The lowest BCUT2D eigenvalue weighted by Crippen LogP contribution is -2.40. The zero-order valence-electron chi connectivity index (χ0n) is 22.0. The van der Waals surface area contributed by atoms with Crippen molar-refractivity contribution < 1.29 is 39.8 Å². The minimum Gasteiger partial charge on any atom is -0.412 e. The molecule has 0 heterocycles. The van der Waals surface area contributed by atoms with E-state index < -0.39 is 9.84 Å². The van der Waals surface area contributed by atoms with Gasteiger partial charge in [0.2, 0.25) is 0 Å². The van der Waals surface area contributed by atoms with Crippen molar-refractivity contribution in [2.24, 2.45) is 11.8 Å². The fourth-order valence-electron chi connectivity index (χ4n) is 6.54. The summed E-state index contributed by atoms with van der Waals surface area (Å²) >= 11 is 0. The van der Waals surface area contributed by atoms with Crippen molar-refractivity contribution >= 4 is 9.84 Å². The highest BCUT2D eigenvalue weighted by Crippen LogP contribution is 2.37. The summed E-state index contributed by atoms with van der Waals surface area (Å²) < 4.78 is 39.4. The molecule has 35 heavy (non-hydrogen) atoms. The zero-order valence-corrected chi connectivity index (χ0v) is 22.8. The van der Waals surface area contributed by atoms with Crippen molar-refractivity contribution in [1.82, 2.24) is 0 Å². The highest BCUT2D eigenvalue weighted by molar-refractivity contribution is 7.92. The molecule has 0 unspecified atom stereocenters. The first-order valence-corrected chi connectivity index (χ1v) is 15.0. The summed E-state index contributed by atoms with van der Waals surface area (Å²) in [7, 11) is -3.02. The Morgan fingerprint density at radius 2 is 0.657 bits per heavy atom. The predicted octanol–water partition coefficient (Wildman–Crippen LogP) is 2.92. The second-order valence-corrected chi connectivity index (χ2v) is 13.9. The van der Waals surface area contributed by atoms with Crippen LogP contribution in [0.4, 0.5) is 0 Å². The number of ether oxygens (including phenoxy) is 2. The molecule has 212 valence electrons. The lowest BCUT2D eigenvalue weighted by atomic mass is 9.88. The first-order valence-electron chi connectivity index (χ1n) is 13.4. The van der Waals surface area contributed by atoms with Crippen molar-refractivity contribution in [3.8, 4) is 0 Å². The molecule has 0 radical (unpaired) electrons. The molecule has 0 saturated heterocycles. The fraction of sp³-hybridized carbons (Fsp3) is 1.00. The molecule has 0 atom stereocenters. The summed E-state index contributed by atoms with van der Waals surface area (Å²) in [6.45, 7) is 4.67. The van der Waals surface area contributed by atoms with E-state index in [1.807, 2.05) is 0 Å². The quantitative estimate of drug-likeness (QED) is 0.516. The van der Waals surface area contributed by atoms with Crippen molar-refractivity contribution in [3.63, 3.8) is 0 Å². The van der Waals surface area contributed by atoms with E-state index >= 15 is 0 Å². The van der Waals surface area contributed by atoms with Crippen LogP contribution in [-0.2, 0) is 19.3 Å². The summed E-state index contributed by atoms with van der Waals surface area (Å²) in [5.74, 6) is 1.68. The van der Waals surface area contributed by atoms with Crippen LogP contribution in [0.15, 0.2) is 0 Å². The van der Waals surface area contributed by atoms with E-state index in [9.17, 15) is 8.42 Å². The Hall–Kier alpha value is -0.290. The average Bonchev–Trinajstić information content (AvgIpc) is 2.78. The lowest BCUT2D eigenvalue weighted by molar-refractivity contribution is -0.0504. The summed E-state index contributed by atoms with van der Waals surface area (Å²) in [5.41, 5.74) is 0. The first kappa shape index (κ1) is 34.7. The predicted molar refractivity (Wildman–Crippen MR) is 140 cm³/mol. The van der Waals surface area contributed by atoms with E-state index in [1.54, 1.807) is 0 Å². The van der Waals surface area contributed by atoms with Crippen LogP contribution < -0.4 is 0 Å². The Morgan fingerprint density at radius 3 is 0.914 bits per heavy atom. The Bertz CT molecular complexity index is 590. The van der Waals surface area contributed by atoms with Gasteiger partial charge in [0.05, 0.1) is 34.9 Å². The second kappa shape index (κ2) is 15.8. The van der Waals surface area contributed by atoms with Crippen LogP contribution in [-0.4, -0.2) is 65.2 Å². The number of rotatable bonds is 6. The number of sulfone groups is 1. The second-order valence-electron chi connectivity index (χ2n) is 11.4. The number of hydrogen-bond acceptors (Lipinski definition) is 4. The van der Waals surface area contributed by atoms with Crippen LogP contribution in [0.25, 0.3) is 0 Å². The SMILES string of the molecule is CC1CCC(OC2CCC(S(=O)(=O)C3CCC(OC4CCC(C)CC4)CC3)CC2)CC1.O.O.O.O. The van der Waals surface area contributed by atoms with Gasteiger partial charge in [-0.15, -0.1) is 0 Å². The van der Waals surface area contributed by atoms with Gasteiger partial charge in [-0.1, -0.05) is 13.8 Å². The van der Waals surface area contributed by atoms with E-state index in [0.717, 1.165) is 63.2 Å². The van der Waals surface area contributed by atoms with Crippen LogP contribution >= 0.6 is 0 Å². The van der Waals surface area contributed by atoms with E-state index in [0.29, 0.717) is 12.2 Å². The van der Waals surface area contributed by atoms with Gasteiger partial charge in [0.25, 0.3) is 0 Å². The molecule has 9 heteroatoms. The maximum atomic E-state index is 13.3. The van der Waals surface area contributed by atoms with Crippen LogP contribution in [0.3, 0.4) is 0 Å². The minimum atomic E-state index is -3.02. The van der Waals surface area contributed by atoms with Crippen molar-refractivity contribution in [1.29, 1.82) is 0 Å². The molecule has 8 nitrogen and oxygen atoms in total. The van der Waals surface area contributed by atoms with Crippen molar-refractivity contribution in [2.75, 3.05) is 0 Å². The van der Waals surface area contributed by atoms with Gasteiger partial charge < -0.3 is 31.4 Å². The molecule has 0 aliphatic heterocycles. The van der Waals surface area contributed by atoms with Gasteiger partial charge in [-0.05, 0) is 115 Å². The third kappa shape index (κ3) is 9.51. The summed E-state index contributed by atoms with van der Waals surface area (Å²) in [6, 6.07) is 0. The van der Waals surface area contributed by atoms with Crippen LogP contribution in [0.2, 0.25) is 0 Å². The Balaban J connectivity index is 0.00000289. The van der Waals surface area contributed by atoms with Gasteiger partial charge in [-0.3, -0.25) is 0 Å². The third-order valence-electron chi connectivity index (χ3n) is 8.87. The van der Waals surface area contributed by atoms with Gasteiger partial charge >= 0.3 is 0 Å². The molecule has 4 fully saturated rings. The molecule has 0 aromatic heterocycles. The molecular formula is C26H54O8S. The average molecular weight is 527 g/mol. The Morgan fingerprint density at radius 1 is 0.429 bits per heavy atom. The standard InChI is InChI=1S/C26H46O4S.4H2O/c1-19-3-7-21(8-4-19)29-23-11-15-25(16-12-23)31(27,28)26-17-13-24(14-18-26)30-22-9-5-20(2)6-10-22;;;;/h19-26H,3-18H2,1-2H3;4*1H2.